The van der Waals surface area contributed by atoms with Crippen LogP contribution in [0.15, 0.2) is 24.3 Å². The molecule has 0 spiro atoms. The van der Waals surface area contributed by atoms with Gasteiger partial charge in [-0.1, -0.05) is 6.07 Å². The average Bonchev–Trinajstić information content (AvgIpc) is 3.00. The Bertz CT molecular complexity index is 458. The molecule has 5 heteroatoms. The van der Waals surface area contributed by atoms with Crippen LogP contribution in [-0.2, 0) is 0 Å². The zero-order chi connectivity index (χ0) is 14.5. The Balaban J connectivity index is 2.02. The van der Waals surface area contributed by atoms with E-state index in [1.807, 2.05) is 18.2 Å². The molecule has 2 rings (SSSR count). The van der Waals surface area contributed by atoms with E-state index in [2.05, 4.69) is 16.3 Å². The maximum Gasteiger partial charge on any atom is 0.321 e. The Hall–Kier alpha value is -1.75. The molecule has 0 saturated carbocycles. The minimum Gasteiger partial charge on any atom is -0.394 e. The summed E-state index contributed by atoms with van der Waals surface area (Å²) in [5.74, 6) is 0. The van der Waals surface area contributed by atoms with Crippen LogP contribution in [0.5, 0.6) is 0 Å². The molecule has 1 unspecified atom stereocenters. The number of rotatable bonds is 4. The molecule has 1 heterocycles. The molecule has 2 N–H and O–H groups in total. The largest absolute Gasteiger partial charge is 0.394 e. The van der Waals surface area contributed by atoms with Crippen molar-refractivity contribution < 1.29 is 9.90 Å². The first-order chi connectivity index (χ1) is 9.61. The monoisotopic (exact) mass is 277 g/mol. The minimum atomic E-state index is -0.204. The molecule has 1 saturated heterocycles. The Labute approximate surface area is 120 Å². The van der Waals surface area contributed by atoms with Crippen LogP contribution in [0.25, 0.3) is 0 Å². The lowest BCUT2D eigenvalue weighted by atomic mass is 10.2. The first kappa shape index (κ1) is 14.7. The van der Waals surface area contributed by atoms with Gasteiger partial charge in [0.2, 0.25) is 0 Å². The highest BCUT2D eigenvalue weighted by Crippen LogP contribution is 2.23. The van der Waals surface area contributed by atoms with Gasteiger partial charge in [0.15, 0.2) is 0 Å². The molecule has 1 fully saturated rings. The average molecular weight is 277 g/mol. The van der Waals surface area contributed by atoms with Crippen LogP contribution >= 0.6 is 0 Å². The number of aliphatic hydroxyl groups is 1. The lowest BCUT2D eigenvalue weighted by molar-refractivity contribution is 0.166. The SMILES string of the molecule is CC(CO)N(C)C(=O)Nc1cccc(N2CCCC2)c1. The van der Waals surface area contributed by atoms with Crippen LogP contribution in [0.2, 0.25) is 0 Å². The summed E-state index contributed by atoms with van der Waals surface area (Å²) < 4.78 is 0. The molecule has 1 aromatic carbocycles. The van der Waals surface area contributed by atoms with E-state index in [-0.39, 0.29) is 18.7 Å². The van der Waals surface area contributed by atoms with Gasteiger partial charge < -0.3 is 20.2 Å². The van der Waals surface area contributed by atoms with E-state index >= 15 is 0 Å². The molecular formula is C15H23N3O2. The predicted octanol–water partition coefficient (Wildman–Crippen LogP) is 2.13. The van der Waals surface area contributed by atoms with E-state index in [9.17, 15) is 4.79 Å². The molecule has 110 valence electrons. The van der Waals surface area contributed by atoms with Crippen molar-refractivity contribution in [3.8, 4) is 0 Å². The second kappa shape index (κ2) is 6.61. The highest BCUT2D eigenvalue weighted by Gasteiger charge is 2.16. The highest BCUT2D eigenvalue weighted by atomic mass is 16.3. The van der Waals surface area contributed by atoms with Gasteiger partial charge in [-0.05, 0) is 38.0 Å². The number of benzene rings is 1. The summed E-state index contributed by atoms with van der Waals surface area (Å²) in [6, 6.07) is 7.51. The van der Waals surface area contributed by atoms with Gasteiger partial charge in [-0.15, -0.1) is 0 Å². The topological polar surface area (TPSA) is 55.8 Å². The minimum absolute atomic E-state index is 0.0439. The number of amides is 2. The maximum absolute atomic E-state index is 12.0. The molecule has 5 nitrogen and oxygen atoms in total. The summed E-state index contributed by atoms with van der Waals surface area (Å²) in [6.07, 6.45) is 2.46. The maximum atomic E-state index is 12.0. The fraction of sp³-hybridized carbons (Fsp3) is 0.533. The highest BCUT2D eigenvalue weighted by molar-refractivity contribution is 5.90. The number of hydrogen-bond acceptors (Lipinski definition) is 3. The van der Waals surface area contributed by atoms with E-state index in [4.69, 9.17) is 5.11 Å². The quantitative estimate of drug-likeness (QED) is 0.886. The predicted molar refractivity (Wildman–Crippen MR) is 81.2 cm³/mol. The molecule has 1 atom stereocenters. The van der Waals surface area contributed by atoms with Crippen LogP contribution < -0.4 is 10.2 Å². The summed E-state index contributed by atoms with van der Waals surface area (Å²) in [7, 11) is 1.68. The lowest BCUT2D eigenvalue weighted by Gasteiger charge is -2.24. The number of anilines is 2. The van der Waals surface area contributed by atoms with E-state index in [1.165, 1.54) is 17.7 Å². The second-order valence-corrected chi connectivity index (χ2v) is 5.32. The van der Waals surface area contributed by atoms with Gasteiger partial charge in [0.25, 0.3) is 0 Å². The molecule has 2 amide bonds. The van der Waals surface area contributed by atoms with Crippen LogP contribution in [0.4, 0.5) is 16.2 Å². The van der Waals surface area contributed by atoms with Gasteiger partial charge in [-0.2, -0.15) is 0 Å². The molecule has 20 heavy (non-hydrogen) atoms. The number of urea groups is 1. The number of likely N-dealkylation sites (N-methyl/N-ethyl adjacent to an activating group) is 1. The van der Waals surface area contributed by atoms with Crippen molar-refractivity contribution in [2.45, 2.75) is 25.8 Å². The van der Waals surface area contributed by atoms with E-state index < -0.39 is 0 Å². The van der Waals surface area contributed by atoms with Gasteiger partial charge in [0.05, 0.1) is 12.6 Å². The first-order valence-electron chi connectivity index (χ1n) is 7.11. The van der Waals surface area contributed by atoms with Crippen molar-refractivity contribution in [3.63, 3.8) is 0 Å². The van der Waals surface area contributed by atoms with Crippen molar-refractivity contribution in [1.29, 1.82) is 0 Å². The van der Waals surface area contributed by atoms with Gasteiger partial charge >= 0.3 is 6.03 Å². The third-order valence-corrected chi connectivity index (χ3v) is 3.81. The number of nitrogens with one attached hydrogen (secondary N) is 1. The molecule has 0 aromatic heterocycles. The first-order valence-corrected chi connectivity index (χ1v) is 7.11. The number of carbonyl (C=O) groups excluding carboxylic acids is 1. The number of aliphatic hydroxyl groups excluding tert-OH is 1. The zero-order valence-electron chi connectivity index (χ0n) is 12.2. The summed E-state index contributed by atoms with van der Waals surface area (Å²) >= 11 is 0. The third-order valence-electron chi connectivity index (χ3n) is 3.81. The molecule has 0 radical (unpaired) electrons. The van der Waals surface area contributed by atoms with Crippen molar-refractivity contribution in [2.24, 2.45) is 0 Å². The van der Waals surface area contributed by atoms with Gasteiger partial charge in [-0.25, -0.2) is 4.79 Å². The van der Waals surface area contributed by atoms with Crippen molar-refractivity contribution >= 4 is 17.4 Å². The van der Waals surface area contributed by atoms with E-state index in [1.54, 1.807) is 14.0 Å². The van der Waals surface area contributed by atoms with Gasteiger partial charge in [0, 0.05) is 31.5 Å². The van der Waals surface area contributed by atoms with Gasteiger partial charge in [0.1, 0.15) is 0 Å². The third kappa shape index (κ3) is 3.42. The van der Waals surface area contributed by atoms with E-state index in [0.717, 1.165) is 24.5 Å². The molecule has 1 aliphatic heterocycles. The molecule has 1 aromatic rings. The van der Waals surface area contributed by atoms with Gasteiger partial charge in [-0.3, -0.25) is 0 Å². The Morgan fingerprint density at radius 3 is 2.80 bits per heavy atom. The summed E-state index contributed by atoms with van der Waals surface area (Å²) in [6.45, 7) is 3.93. The molecular weight excluding hydrogens is 254 g/mol. The number of hydrogen-bond donors (Lipinski definition) is 2. The van der Waals surface area contributed by atoms with Crippen molar-refractivity contribution in [2.75, 3.05) is 37.0 Å². The zero-order valence-corrected chi connectivity index (χ0v) is 12.2. The number of carbonyl (C=O) groups is 1. The Kier molecular flexibility index (Phi) is 4.84. The standard InChI is InChI=1S/C15H23N3O2/c1-12(11-19)17(2)15(20)16-13-6-5-7-14(10-13)18-8-3-4-9-18/h5-7,10,12,19H,3-4,8-9,11H2,1-2H3,(H,16,20). The lowest BCUT2D eigenvalue weighted by Crippen LogP contribution is -2.40. The summed E-state index contributed by atoms with van der Waals surface area (Å²) in [5, 5.41) is 11.9. The Morgan fingerprint density at radius 2 is 2.15 bits per heavy atom. The second-order valence-electron chi connectivity index (χ2n) is 5.32. The Morgan fingerprint density at radius 1 is 1.45 bits per heavy atom. The smallest absolute Gasteiger partial charge is 0.321 e. The molecule has 1 aliphatic rings. The fourth-order valence-corrected chi connectivity index (χ4v) is 2.29. The van der Waals surface area contributed by atoms with Crippen LogP contribution in [0, 0.1) is 0 Å². The van der Waals surface area contributed by atoms with Crippen molar-refractivity contribution in [1.82, 2.24) is 4.90 Å². The van der Waals surface area contributed by atoms with Crippen LogP contribution in [-0.4, -0.2) is 48.8 Å². The van der Waals surface area contributed by atoms with E-state index in [0.29, 0.717) is 0 Å². The summed E-state index contributed by atoms with van der Waals surface area (Å²) in [5.41, 5.74) is 1.94. The van der Waals surface area contributed by atoms with Crippen LogP contribution in [0.1, 0.15) is 19.8 Å². The van der Waals surface area contributed by atoms with Crippen molar-refractivity contribution in [3.05, 3.63) is 24.3 Å². The molecule has 0 aliphatic carbocycles. The number of nitrogens with zero attached hydrogens (tertiary/aromatic N) is 2. The normalized spacial score (nSPS) is 16.1. The summed E-state index contributed by atoms with van der Waals surface area (Å²) in [4.78, 5) is 15.9. The van der Waals surface area contributed by atoms with Crippen LogP contribution in [0.3, 0.4) is 0 Å². The molecule has 0 bridgehead atoms. The fourth-order valence-electron chi connectivity index (χ4n) is 2.29.